The highest BCUT2D eigenvalue weighted by molar-refractivity contribution is 7.89. The summed E-state index contributed by atoms with van der Waals surface area (Å²) in [5.41, 5.74) is 1.93. The molecule has 0 N–H and O–H groups in total. The number of hydrogen-bond donors (Lipinski definition) is 0. The van der Waals surface area contributed by atoms with Crippen molar-refractivity contribution in [2.24, 2.45) is 11.8 Å². The van der Waals surface area contributed by atoms with Gasteiger partial charge in [-0.1, -0.05) is 19.0 Å². The Morgan fingerprint density at radius 3 is 2.31 bits per heavy atom. The molecule has 5 rings (SSSR count). The molecular formula is C26H29N3O6S. The second kappa shape index (κ2) is 9.25. The van der Waals surface area contributed by atoms with Crippen LogP contribution >= 0.6 is 0 Å². The molecule has 0 bridgehead atoms. The number of sulfonamides is 1. The van der Waals surface area contributed by atoms with Gasteiger partial charge in [0.2, 0.25) is 15.8 Å². The predicted octanol–water partition coefficient (Wildman–Crippen LogP) is 5.14. The molecule has 4 aromatic rings. The maximum atomic E-state index is 13.4. The monoisotopic (exact) mass is 511 g/mol. The van der Waals surface area contributed by atoms with E-state index in [1.165, 1.54) is 0 Å². The number of benzene rings is 2. The standard InChI is InChI=1S/C26H29N3O6S/c1-15-8-16(2)14-29(13-15)36(30,31)21-6-7-23-22(12-21)17(3)24(34-23)26-27-25(28-35-26)18-9-19(32-4)11-20(10-18)33-5/h6-7,9-12,15-16H,8,13-14H2,1-5H3. The quantitative estimate of drug-likeness (QED) is 0.350. The number of fused-ring (bicyclic) bond motifs is 1. The lowest BCUT2D eigenvalue weighted by Gasteiger charge is -2.34. The van der Waals surface area contributed by atoms with Crippen molar-refractivity contribution in [2.45, 2.75) is 32.1 Å². The minimum Gasteiger partial charge on any atom is -0.497 e. The maximum Gasteiger partial charge on any atom is 0.294 e. The molecule has 2 unspecified atom stereocenters. The second-order valence-electron chi connectivity index (χ2n) is 9.51. The van der Waals surface area contributed by atoms with Crippen LogP contribution in [0.3, 0.4) is 0 Å². The molecule has 2 aromatic carbocycles. The number of ether oxygens (including phenoxy) is 2. The number of nitrogens with zero attached hydrogens (tertiary/aromatic N) is 3. The number of aryl methyl sites for hydroxylation is 1. The molecule has 0 aliphatic carbocycles. The molecule has 0 spiro atoms. The molecule has 1 aliphatic rings. The Morgan fingerprint density at radius 1 is 1.00 bits per heavy atom. The van der Waals surface area contributed by atoms with E-state index < -0.39 is 10.0 Å². The normalized spacial score (nSPS) is 19.0. The highest BCUT2D eigenvalue weighted by atomic mass is 32.2. The summed E-state index contributed by atoms with van der Waals surface area (Å²) in [7, 11) is -0.483. The first-order valence-electron chi connectivity index (χ1n) is 11.8. The summed E-state index contributed by atoms with van der Waals surface area (Å²) >= 11 is 0. The minimum atomic E-state index is -3.62. The lowest BCUT2D eigenvalue weighted by molar-refractivity contribution is 0.222. The Bertz CT molecular complexity index is 1490. The first-order valence-corrected chi connectivity index (χ1v) is 13.2. The van der Waals surface area contributed by atoms with E-state index in [1.807, 2.05) is 6.92 Å². The molecule has 0 amide bonds. The van der Waals surface area contributed by atoms with Crippen molar-refractivity contribution in [1.29, 1.82) is 0 Å². The second-order valence-corrected chi connectivity index (χ2v) is 11.4. The van der Waals surface area contributed by atoms with Gasteiger partial charge in [-0.15, -0.1) is 0 Å². The number of methoxy groups -OCH3 is 2. The van der Waals surface area contributed by atoms with Crippen molar-refractivity contribution in [1.82, 2.24) is 14.4 Å². The van der Waals surface area contributed by atoms with Crippen molar-refractivity contribution in [3.8, 4) is 34.5 Å². The van der Waals surface area contributed by atoms with E-state index in [2.05, 4.69) is 24.0 Å². The highest BCUT2D eigenvalue weighted by Gasteiger charge is 2.32. The van der Waals surface area contributed by atoms with E-state index in [0.717, 1.165) is 12.0 Å². The van der Waals surface area contributed by atoms with Gasteiger partial charge in [-0.25, -0.2) is 8.42 Å². The summed E-state index contributed by atoms with van der Waals surface area (Å²) in [6.07, 6.45) is 1.03. The zero-order valence-corrected chi connectivity index (χ0v) is 21.8. The molecule has 1 aliphatic heterocycles. The van der Waals surface area contributed by atoms with Crippen molar-refractivity contribution >= 4 is 21.0 Å². The third-order valence-electron chi connectivity index (χ3n) is 6.61. The summed E-state index contributed by atoms with van der Waals surface area (Å²) in [5, 5.41) is 4.78. The molecular weight excluding hydrogens is 482 g/mol. The molecule has 1 saturated heterocycles. The van der Waals surface area contributed by atoms with Crippen LogP contribution in [-0.4, -0.2) is 50.2 Å². The zero-order valence-electron chi connectivity index (χ0n) is 20.9. The molecule has 0 radical (unpaired) electrons. The van der Waals surface area contributed by atoms with Gasteiger partial charge in [-0.3, -0.25) is 0 Å². The van der Waals surface area contributed by atoms with Gasteiger partial charge in [-0.05, 0) is 55.5 Å². The first kappa shape index (κ1) is 24.3. The van der Waals surface area contributed by atoms with Crippen LogP contribution in [0.15, 0.2) is 50.2 Å². The van der Waals surface area contributed by atoms with Crippen LogP contribution in [-0.2, 0) is 10.0 Å². The van der Waals surface area contributed by atoms with Crippen LogP contribution in [0.1, 0.15) is 25.8 Å². The third-order valence-corrected chi connectivity index (χ3v) is 8.44. The van der Waals surface area contributed by atoms with Crippen LogP contribution in [0.5, 0.6) is 11.5 Å². The van der Waals surface area contributed by atoms with Crippen LogP contribution in [0.4, 0.5) is 0 Å². The summed E-state index contributed by atoms with van der Waals surface area (Å²) < 4.78 is 50.6. The number of aromatic nitrogens is 2. The highest BCUT2D eigenvalue weighted by Crippen LogP contribution is 2.36. The fourth-order valence-electron chi connectivity index (χ4n) is 4.89. The lowest BCUT2D eigenvalue weighted by atomic mass is 9.94. The lowest BCUT2D eigenvalue weighted by Crippen LogP contribution is -2.42. The van der Waals surface area contributed by atoms with Gasteiger partial charge in [0.15, 0.2) is 5.76 Å². The van der Waals surface area contributed by atoms with Crippen LogP contribution in [0.25, 0.3) is 34.0 Å². The largest absolute Gasteiger partial charge is 0.497 e. The van der Waals surface area contributed by atoms with Crippen LogP contribution in [0, 0.1) is 18.8 Å². The number of rotatable bonds is 6. The van der Waals surface area contributed by atoms with Crippen molar-refractivity contribution in [3.05, 3.63) is 42.0 Å². The Kier molecular flexibility index (Phi) is 6.25. The van der Waals surface area contributed by atoms with Gasteiger partial charge in [0.1, 0.15) is 17.1 Å². The fraction of sp³-hybridized carbons (Fsp3) is 0.385. The molecule has 2 atom stereocenters. The van der Waals surface area contributed by atoms with Gasteiger partial charge in [0.25, 0.3) is 5.89 Å². The molecule has 10 heteroatoms. The number of furan rings is 1. The molecule has 9 nitrogen and oxygen atoms in total. The summed E-state index contributed by atoms with van der Waals surface area (Å²) in [5.74, 6) is 2.79. The van der Waals surface area contributed by atoms with Crippen molar-refractivity contribution in [2.75, 3.05) is 27.3 Å². The fourth-order valence-corrected chi connectivity index (χ4v) is 6.59. The number of hydrogen-bond acceptors (Lipinski definition) is 8. The molecule has 3 heterocycles. The van der Waals surface area contributed by atoms with Gasteiger partial charge < -0.3 is 18.4 Å². The molecule has 2 aromatic heterocycles. The van der Waals surface area contributed by atoms with Crippen LogP contribution < -0.4 is 9.47 Å². The van der Waals surface area contributed by atoms with E-state index in [1.54, 1.807) is 54.9 Å². The Hall–Kier alpha value is -3.37. The van der Waals surface area contributed by atoms with E-state index >= 15 is 0 Å². The van der Waals surface area contributed by atoms with Gasteiger partial charge in [-0.2, -0.15) is 9.29 Å². The van der Waals surface area contributed by atoms with Crippen molar-refractivity contribution in [3.63, 3.8) is 0 Å². The average molecular weight is 512 g/mol. The summed E-state index contributed by atoms with van der Waals surface area (Å²) in [6.45, 7) is 7.09. The maximum absolute atomic E-state index is 13.4. The topological polar surface area (TPSA) is 108 Å². The van der Waals surface area contributed by atoms with Crippen molar-refractivity contribution < 1.29 is 26.8 Å². The van der Waals surface area contributed by atoms with Gasteiger partial charge in [0, 0.05) is 35.7 Å². The van der Waals surface area contributed by atoms with E-state index in [0.29, 0.717) is 64.5 Å². The molecule has 36 heavy (non-hydrogen) atoms. The molecule has 1 fully saturated rings. The first-order chi connectivity index (χ1) is 17.2. The molecule has 0 saturated carbocycles. The Labute approximate surface area is 210 Å². The van der Waals surface area contributed by atoms with Gasteiger partial charge in [0.05, 0.1) is 19.1 Å². The molecule has 190 valence electrons. The predicted molar refractivity (Wildman–Crippen MR) is 134 cm³/mol. The SMILES string of the molecule is COc1cc(OC)cc(-c2noc(-c3oc4ccc(S(=O)(=O)N5CC(C)CC(C)C5)cc4c3C)n2)c1. The Balaban J connectivity index is 1.50. The smallest absolute Gasteiger partial charge is 0.294 e. The zero-order chi connectivity index (χ0) is 25.6. The van der Waals surface area contributed by atoms with E-state index in [-0.39, 0.29) is 10.8 Å². The van der Waals surface area contributed by atoms with Crippen LogP contribution in [0.2, 0.25) is 0 Å². The number of piperidine rings is 1. The minimum absolute atomic E-state index is 0.198. The summed E-state index contributed by atoms with van der Waals surface area (Å²) in [6, 6.07) is 10.3. The van der Waals surface area contributed by atoms with E-state index in [4.69, 9.17) is 18.4 Å². The van der Waals surface area contributed by atoms with E-state index in [9.17, 15) is 8.42 Å². The average Bonchev–Trinajstić information content (AvgIpc) is 3.47. The summed E-state index contributed by atoms with van der Waals surface area (Å²) in [4.78, 5) is 4.76. The third kappa shape index (κ3) is 4.35. The Morgan fingerprint density at radius 2 is 1.67 bits per heavy atom. The van der Waals surface area contributed by atoms with Gasteiger partial charge >= 0.3 is 0 Å².